The summed E-state index contributed by atoms with van der Waals surface area (Å²) in [6.07, 6.45) is 1.60. The van der Waals surface area contributed by atoms with Crippen LogP contribution in [0.3, 0.4) is 0 Å². The van der Waals surface area contributed by atoms with Gasteiger partial charge in [-0.1, -0.05) is 19.1 Å². The highest BCUT2D eigenvalue weighted by Crippen LogP contribution is 2.36. The monoisotopic (exact) mass is 248 g/mol. The lowest BCUT2D eigenvalue weighted by Gasteiger charge is -2.08. The normalized spacial score (nSPS) is 21.4. The quantitative estimate of drug-likeness (QED) is 0.755. The Kier molecular flexibility index (Phi) is 4.07. The first-order chi connectivity index (χ1) is 8.66. The molecule has 1 aromatic carbocycles. The number of anilines is 1. The van der Waals surface area contributed by atoms with Gasteiger partial charge in [-0.15, -0.1) is 0 Å². The Morgan fingerprint density at radius 2 is 2.22 bits per heavy atom. The Morgan fingerprint density at radius 3 is 2.89 bits per heavy atom. The van der Waals surface area contributed by atoms with Crippen LogP contribution in [0.4, 0.5) is 5.69 Å². The van der Waals surface area contributed by atoms with E-state index in [-0.39, 0.29) is 5.91 Å². The Balaban J connectivity index is 1.63. The minimum Gasteiger partial charge on any atom is -0.491 e. The first-order valence-corrected chi connectivity index (χ1v) is 6.41. The zero-order chi connectivity index (χ0) is 13.0. The number of para-hydroxylation sites is 2. The Bertz CT molecular complexity index is 420. The van der Waals surface area contributed by atoms with E-state index in [1.165, 1.54) is 6.42 Å². The molecule has 1 aromatic rings. The number of amides is 1. The van der Waals surface area contributed by atoms with Crippen molar-refractivity contribution in [2.45, 2.75) is 19.8 Å². The molecule has 4 heteroatoms. The van der Waals surface area contributed by atoms with Crippen LogP contribution in [0.15, 0.2) is 24.3 Å². The van der Waals surface area contributed by atoms with Crippen LogP contribution >= 0.6 is 0 Å². The maximum absolute atomic E-state index is 11.5. The third-order valence-electron chi connectivity index (χ3n) is 3.34. The zero-order valence-corrected chi connectivity index (χ0v) is 10.7. The molecule has 1 saturated carbocycles. The topological polar surface area (TPSA) is 64.3 Å². The van der Waals surface area contributed by atoms with Gasteiger partial charge in [0.2, 0.25) is 5.91 Å². The van der Waals surface area contributed by atoms with Crippen molar-refractivity contribution in [1.29, 1.82) is 0 Å². The zero-order valence-electron chi connectivity index (χ0n) is 10.7. The van der Waals surface area contributed by atoms with Gasteiger partial charge in [0.05, 0.1) is 18.7 Å². The van der Waals surface area contributed by atoms with Gasteiger partial charge in [0.1, 0.15) is 5.75 Å². The van der Waals surface area contributed by atoms with Crippen LogP contribution in [-0.4, -0.2) is 19.1 Å². The van der Waals surface area contributed by atoms with Gasteiger partial charge in [0.15, 0.2) is 0 Å². The van der Waals surface area contributed by atoms with Crippen LogP contribution in [0.1, 0.15) is 19.8 Å². The Morgan fingerprint density at radius 1 is 1.50 bits per heavy atom. The largest absolute Gasteiger partial charge is 0.491 e. The molecule has 3 N–H and O–H groups in total. The van der Waals surface area contributed by atoms with Gasteiger partial charge in [-0.05, 0) is 30.4 Å². The number of rotatable bonds is 6. The van der Waals surface area contributed by atoms with E-state index in [0.29, 0.717) is 30.4 Å². The van der Waals surface area contributed by atoms with Gasteiger partial charge in [-0.25, -0.2) is 0 Å². The summed E-state index contributed by atoms with van der Waals surface area (Å²) in [6.45, 7) is 3.37. The molecule has 0 aromatic heterocycles. The fraction of sp³-hybridized carbons (Fsp3) is 0.500. The number of carbonyl (C=O) groups excluding carboxylic acids is 1. The molecule has 0 saturated heterocycles. The van der Waals surface area contributed by atoms with Crippen molar-refractivity contribution in [3.05, 3.63) is 24.3 Å². The summed E-state index contributed by atoms with van der Waals surface area (Å²) in [6, 6.07) is 7.30. The van der Waals surface area contributed by atoms with E-state index in [1.807, 2.05) is 12.1 Å². The summed E-state index contributed by atoms with van der Waals surface area (Å²) >= 11 is 0. The van der Waals surface area contributed by atoms with Crippen molar-refractivity contribution in [2.24, 2.45) is 11.8 Å². The second kappa shape index (κ2) is 5.76. The molecule has 0 aliphatic heterocycles. The van der Waals surface area contributed by atoms with Crippen LogP contribution < -0.4 is 15.8 Å². The van der Waals surface area contributed by atoms with Crippen LogP contribution in [0.2, 0.25) is 0 Å². The molecule has 1 aliphatic carbocycles. The van der Waals surface area contributed by atoms with Crippen molar-refractivity contribution in [3.63, 3.8) is 0 Å². The lowest BCUT2D eigenvalue weighted by atomic mass is 10.3. The molecule has 98 valence electrons. The van der Waals surface area contributed by atoms with Crippen LogP contribution in [0.5, 0.6) is 5.75 Å². The average molecular weight is 248 g/mol. The number of carbonyl (C=O) groups is 1. The smallest absolute Gasteiger partial charge is 0.223 e. The van der Waals surface area contributed by atoms with Gasteiger partial charge in [0.25, 0.3) is 0 Å². The molecular weight excluding hydrogens is 228 g/mol. The van der Waals surface area contributed by atoms with E-state index in [9.17, 15) is 4.79 Å². The summed E-state index contributed by atoms with van der Waals surface area (Å²) in [5.74, 6) is 2.13. The standard InChI is InChI=1S/C14H20N2O2/c1-10-8-11(10)9-16-14(17)6-7-18-13-5-3-2-4-12(13)15/h2-5,10-11H,6-9,15H2,1H3,(H,16,17). The number of benzene rings is 1. The van der Waals surface area contributed by atoms with Crippen molar-refractivity contribution in [3.8, 4) is 5.75 Å². The highest BCUT2D eigenvalue weighted by Gasteiger charge is 2.32. The molecule has 1 amide bonds. The SMILES string of the molecule is CC1CC1CNC(=O)CCOc1ccccc1N. The number of nitrogen functional groups attached to an aromatic ring is 1. The lowest BCUT2D eigenvalue weighted by Crippen LogP contribution is -2.27. The Hall–Kier alpha value is -1.71. The van der Waals surface area contributed by atoms with Gasteiger partial charge < -0.3 is 15.8 Å². The number of nitrogens with one attached hydrogen (secondary N) is 1. The fourth-order valence-electron chi connectivity index (χ4n) is 1.88. The maximum atomic E-state index is 11.5. The van der Waals surface area contributed by atoms with E-state index >= 15 is 0 Å². The molecule has 4 nitrogen and oxygen atoms in total. The van der Waals surface area contributed by atoms with E-state index in [2.05, 4.69) is 12.2 Å². The van der Waals surface area contributed by atoms with E-state index in [0.717, 1.165) is 12.5 Å². The van der Waals surface area contributed by atoms with Crippen molar-refractivity contribution in [1.82, 2.24) is 5.32 Å². The molecule has 0 radical (unpaired) electrons. The molecule has 0 bridgehead atoms. The molecule has 2 unspecified atom stereocenters. The molecule has 2 rings (SSSR count). The summed E-state index contributed by atoms with van der Waals surface area (Å²) in [5.41, 5.74) is 6.34. The summed E-state index contributed by atoms with van der Waals surface area (Å²) < 4.78 is 5.47. The van der Waals surface area contributed by atoms with Gasteiger partial charge in [-0.3, -0.25) is 4.79 Å². The molecule has 18 heavy (non-hydrogen) atoms. The number of hydrogen-bond donors (Lipinski definition) is 2. The number of ether oxygens (including phenoxy) is 1. The minimum absolute atomic E-state index is 0.0450. The minimum atomic E-state index is 0.0450. The van der Waals surface area contributed by atoms with Gasteiger partial charge in [-0.2, -0.15) is 0 Å². The molecule has 1 fully saturated rings. The van der Waals surface area contributed by atoms with Crippen molar-refractivity contribution < 1.29 is 9.53 Å². The maximum Gasteiger partial charge on any atom is 0.223 e. The van der Waals surface area contributed by atoms with Crippen molar-refractivity contribution >= 4 is 11.6 Å². The van der Waals surface area contributed by atoms with E-state index in [4.69, 9.17) is 10.5 Å². The Labute approximate surface area is 108 Å². The molecular formula is C14H20N2O2. The lowest BCUT2D eigenvalue weighted by molar-refractivity contribution is -0.121. The predicted octanol–water partition coefficient (Wildman–Crippen LogP) is 1.81. The summed E-state index contributed by atoms with van der Waals surface area (Å²) in [5, 5.41) is 2.93. The summed E-state index contributed by atoms with van der Waals surface area (Å²) in [7, 11) is 0. The van der Waals surface area contributed by atoms with Crippen LogP contribution in [-0.2, 0) is 4.79 Å². The third kappa shape index (κ3) is 3.65. The predicted molar refractivity (Wildman–Crippen MR) is 71.2 cm³/mol. The third-order valence-corrected chi connectivity index (χ3v) is 3.34. The van der Waals surface area contributed by atoms with Crippen LogP contribution in [0, 0.1) is 11.8 Å². The molecule has 0 spiro atoms. The second-order valence-electron chi connectivity index (χ2n) is 4.91. The average Bonchev–Trinajstić information content (AvgIpc) is 3.05. The number of nitrogens with two attached hydrogens (primary N) is 1. The van der Waals surface area contributed by atoms with E-state index in [1.54, 1.807) is 12.1 Å². The van der Waals surface area contributed by atoms with E-state index < -0.39 is 0 Å². The number of hydrogen-bond acceptors (Lipinski definition) is 3. The van der Waals surface area contributed by atoms with Gasteiger partial charge in [0, 0.05) is 6.54 Å². The molecule has 0 heterocycles. The fourth-order valence-corrected chi connectivity index (χ4v) is 1.88. The second-order valence-corrected chi connectivity index (χ2v) is 4.91. The van der Waals surface area contributed by atoms with Gasteiger partial charge >= 0.3 is 0 Å². The van der Waals surface area contributed by atoms with Crippen LogP contribution in [0.25, 0.3) is 0 Å². The molecule has 2 atom stereocenters. The highest BCUT2D eigenvalue weighted by atomic mass is 16.5. The van der Waals surface area contributed by atoms with Crippen molar-refractivity contribution in [2.75, 3.05) is 18.9 Å². The molecule has 1 aliphatic rings. The first kappa shape index (κ1) is 12.7. The summed E-state index contributed by atoms with van der Waals surface area (Å²) in [4.78, 5) is 11.5. The first-order valence-electron chi connectivity index (χ1n) is 6.41. The highest BCUT2D eigenvalue weighted by molar-refractivity contribution is 5.76.